The smallest absolute Gasteiger partial charge is 0.416 e. The van der Waals surface area contributed by atoms with Gasteiger partial charge in [-0.1, -0.05) is 12.1 Å². The Labute approximate surface area is 181 Å². The molecule has 0 saturated heterocycles. The number of amides is 1. The molecule has 4 aromatic rings. The Kier molecular flexibility index (Phi) is 5.33. The first-order chi connectivity index (χ1) is 15.1. The molecule has 2 aromatic heterocycles. The van der Waals surface area contributed by atoms with Gasteiger partial charge in [0.15, 0.2) is 0 Å². The molecule has 32 heavy (non-hydrogen) atoms. The molecule has 0 aliphatic heterocycles. The van der Waals surface area contributed by atoms with E-state index in [2.05, 4.69) is 15.4 Å². The molecule has 0 aliphatic carbocycles. The molecule has 2 heterocycles. The molecular weight excluding hydrogens is 421 g/mol. The molecular formula is C23H19F3N4O2. The molecule has 164 valence electrons. The number of benzene rings is 2. The molecule has 0 radical (unpaired) electrons. The topological polar surface area (TPSA) is 73.0 Å². The van der Waals surface area contributed by atoms with Crippen LogP contribution in [0.1, 0.15) is 33.1 Å². The maximum atomic E-state index is 13.0. The Hall–Kier alpha value is -3.88. The van der Waals surface area contributed by atoms with Crippen molar-refractivity contribution in [3.63, 3.8) is 0 Å². The summed E-state index contributed by atoms with van der Waals surface area (Å²) < 4.78 is 46.0. The van der Waals surface area contributed by atoms with Crippen LogP contribution in [0.4, 0.5) is 18.9 Å². The van der Waals surface area contributed by atoms with Gasteiger partial charge in [-0.05, 0) is 57.2 Å². The van der Waals surface area contributed by atoms with Crippen LogP contribution in [0, 0.1) is 20.8 Å². The van der Waals surface area contributed by atoms with Gasteiger partial charge in [0, 0.05) is 11.3 Å². The Morgan fingerprint density at radius 3 is 2.50 bits per heavy atom. The van der Waals surface area contributed by atoms with E-state index in [0.29, 0.717) is 28.6 Å². The second kappa shape index (κ2) is 7.99. The van der Waals surface area contributed by atoms with E-state index >= 15 is 0 Å². The highest BCUT2D eigenvalue weighted by Gasteiger charge is 2.30. The summed E-state index contributed by atoms with van der Waals surface area (Å²) in [7, 11) is 0. The largest absolute Gasteiger partial charge is 0.441 e. The molecule has 6 nitrogen and oxygen atoms in total. The third-order valence-electron chi connectivity index (χ3n) is 5.07. The predicted molar refractivity (Wildman–Crippen MR) is 113 cm³/mol. The van der Waals surface area contributed by atoms with Crippen LogP contribution in [0.25, 0.3) is 17.1 Å². The number of anilines is 1. The fourth-order valence-corrected chi connectivity index (χ4v) is 3.23. The van der Waals surface area contributed by atoms with Crippen molar-refractivity contribution in [3.05, 3.63) is 83.0 Å². The van der Waals surface area contributed by atoms with E-state index in [1.807, 2.05) is 19.9 Å². The minimum absolute atomic E-state index is 0.216. The monoisotopic (exact) mass is 440 g/mol. The van der Waals surface area contributed by atoms with Crippen LogP contribution in [0.15, 0.2) is 59.1 Å². The molecule has 4 rings (SSSR count). The molecule has 9 heteroatoms. The number of halogens is 3. The van der Waals surface area contributed by atoms with Crippen molar-refractivity contribution in [1.29, 1.82) is 0 Å². The second-order valence-corrected chi connectivity index (χ2v) is 7.30. The van der Waals surface area contributed by atoms with Crippen molar-refractivity contribution in [1.82, 2.24) is 14.8 Å². The highest BCUT2D eigenvalue weighted by Crippen LogP contribution is 2.31. The van der Waals surface area contributed by atoms with E-state index in [-0.39, 0.29) is 11.3 Å². The Balaban J connectivity index is 1.58. The zero-order valence-corrected chi connectivity index (χ0v) is 17.5. The number of rotatable bonds is 4. The number of aryl methyl sites for hydroxylation is 2. The lowest BCUT2D eigenvalue weighted by Gasteiger charge is -2.10. The summed E-state index contributed by atoms with van der Waals surface area (Å²) in [6, 6.07) is 11.8. The zero-order valence-electron chi connectivity index (χ0n) is 17.5. The van der Waals surface area contributed by atoms with E-state index in [4.69, 9.17) is 4.42 Å². The van der Waals surface area contributed by atoms with Gasteiger partial charge in [-0.25, -0.2) is 9.67 Å². The van der Waals surface area contributed by atoms with Crippen molar-refractivity contribution in [2.45, 2.75) is 26.9 Å². The Morgan fingerprint density at radius 2 is 1.81 bits per heavy atom. The SMILES string of the molecule is Cc1nc(-c2cccc(NC(=O)c3cnn(-c4cccc(C(F)(F)F)c4)c3C)c2)oc1C. The highest BCUT2D eigenvalue weighted by atomic mass is 19.4. The number of carbonyl (C=O) groups is 1. The lowest BCUT2D eigenvalue weighted by molar-refractivity contribution is -0.137. The van der Waals surface area contributed by atoms with Crippen LogP contribution >= 0.6 is 0 Å². The number of nitrogens with one attached hydrogen (secondary N) is 1. The molecule has 0 aliphatic rings. The quantitative estimate of drug-likeness (QED) is 0.440. The Bertz CT molecular complexity index is 1290. The summed E-state index contributed by atoms with van der Waals surface area (Å²) in [5, 5.41) is 6.90. The number of nitrogens with zero attached hydrogens (tertiary/aromatic N) is 3. The number of hydrogen-bond donors (Lipinski definition) is 1. The van der Waals surface area contributed by atoms with E-state index in [0.717, 1.165) is 17.8 Å². The summed E-state index contributed by atoms with van der Waals surface area (Å²) in [6.45, 7) is 5.29. The third kappa shape index (κ3) is 4.14. The van der Waals surface area contributed by atoms with Crippen LogP contribution in [-0.4, -0.2) is 20.7 Å². The van der Waals surface area contributed by atoms with E-state index in [9.17, 15) is 18.0 Å². The first-order valence-corrected chi connectivity index (χ1v) is 9.71. The van der Waals surface area contributed by atoms with Gasteiger partial charge in [-0.3, -0.25) is 4.79 Å². The van der Waals surface area contributed by atoms with E-state index < -0.39 is 17.6 Å². The first-order valence-electron chi connectivity index (χ1n) is 9.71. The van der Waals surface area contributed by atoms with Crippen molar-refractivity contribution in [2.24, 2.45) is 0 Å². The predicted octanol–water partition coefficient (Wildman–Crippen LogP) is 5.72. The maximum Gasteiger partial charge on any atom is 0.416 e. The zero-order chi connectivity index (χ0) is 23.0. The van der Waals surface area contributed by atoms with Crippen molar-refractivity contribution in [2.75, 3.05) is 5.32 Å². The van der Waals surface area contributed by atoms with Gasteiger partial charge in [0.2, 0.25) is 5.89 Å². The highest BCUT2D eigenvalue weighted by molar-refractivity contribution is 6.05. The molecule has 0 fully saturated rings. The van der Waals surface area contributed by atoms with Crippen LogP contribution in [0.2, 0.25) is 0 Å². The van der Waals surface area contributed by atoms with Crippen LogP contribution < -0.4 is 5.32 Å². The summed E-state index contributed by atoms with van der Waals surface area (Å²) in [4.78, 5) is 17.2. The van der Waals surface area contributed by atoms with Gasteiger partial charge in [0.1, 0.15) is 5.76 Å². The minimum Gasteiger partial charge on any atom is -0.441 e. The average Bonchev–Trinajstić information content (AvgIpc) is 3.30. The van der Waals surface area contributed by atoms with Crippen molar-refractivity contribution in [3.8, 4) is 17.1 Å². The summed E-state index contributed by atoms with van der Waals surface area (Å²) in [5.41, 5.74) is 2.10. The van der Waals surface area contributed by atoms with Crippen LogP contribution in [0.3, 0.4) is 0 Å². The molecule has 0 spiro atoms. The van der Waals surface area contributed by atoms with E-state index in [1.165, 1.54) is 23.0 Å². The van der Waals surface area contributed by atoms with Crippen molar-refractivity contribution < 1.29 is 22.4 Å². The molecule has 1 N–H and O–H groups in total. The summed E-state index contributed by atoms with van der Waals surface area (Å²) in [5.74, 6) is 0.731. The molecule has 0 atom stereocenters. The molecule has 2 aromatic carbocycles. The normalized spacial score (nSPS) is 11.6. The van der Waals surface area contributed by atoms with Gasteiger partial charge in [0.25, 0.3) is 5.91 Å². The molecule has 1 amide bonds. The maximum absolute atomic E-state index is 13.0. The lowest BCUT2D eigenvalue weighted by Crippen LogP contribution is -2.13. The van der Waals surface area contributed by atoms with Crippen LogP contribution in [0.5, 0.6) is 0 Å². The summed E-state index contributed by atoms with van der Waals surface area (Å²) in [6.07, 6.45) is -3.14. The van der Waals surface area contributed by atoms with Gasteiger partial charge < -0.3 is 9.73 Å². The first kappa shape index (κ1) is 21.4. The summed E-state index contributed by atoms with van der Waals surface area (Å²) >= 11 is 0. The fraction of sp³-hybridized carbons (Fsp3) is 0.174. The number of oxazole rings is 1. The second-order valence-electron chi connectivity index (χ2n) is 7.30. The standard InChI is InChI=1S/C23H19F3N4O2/c1-13-15(3)32-22(28-13)16-6-4-8-18(10-16)29-21(31)20-12-27-30(14(20)2)19-9-5-7-17(11-19)23(24,25)26/h4-12H,1-3H3,(H,29,31). The third-order valence-corrected chi connectivity index (χ3v) is 5.07. The number of hydrogen-bond acceptors (Lipinski definition) is 4. The fourth-order valence-electron chi connectivity index (χ4n) is 3.23. The Morgan fingerprint density at radius 1 is 1.06 bits per heavy atom. The van der Waals surface area contributed by atoms with Crippen molar-refractivity contribution >= 4 is 11.6 Å². The number of aromatic nitrogens is 3. The molecule has 0 unspecified atom stereocenters. The van der Waals surface area contributed by atoms with Gasteiger partial charge in [-0.15, -0.1) is 0 Å². The minimum atomic E-state index is -4.47. The number of alkyl halides is 3. The van der Waals surface area contributed by atoms with Gasteiger partial charge in [0.05, 0.1) is 34.4 Å². The van der Waals surface area contributed by atoms with Gasteiger partial charge in [-0.2, -0.15) is 18.3 Å². The molecule has 0 saturated carbocycles. The number of carbonyl (C=O) groups excluding carboxylic acids is 1. The van der Waals surface area contributed by atoms with Gasteiger partial charge >= 0.3 is 6.18 Å². The van der Waals surface area contributed by atoms with E-state index in [1.54, 1.807) is 25.1 Å². The van der Waals surface area contributed by atoms with Crippen LogP contribution in [-0.2, 0) is 6.18 Å². The lowest BCUT2D eigenvalue weighted by atomic mass is 10.1. The molecule has 0 bridgehead atoms. The average molecular weight is 440 g/mol.